The van der Waals surface area contributed by atoms with E-state index < -0.39 is 0 Å². The quantitative estimate of drug-likeness (QED) is 0.396. The summed E-state index contributed by atoms with van der Waals surface area (Å²) in [5, 5.41) is 5.62. The van der Waals surface area contributed by atoms with E-state index in [2.05, 4.69) is 24.5 Å². The number of hydrogen-bond acceptors (Lipinski definition) is 3. The number of unbranched alkanes of at least 4 members (excludes halogenated alkanes) is 7. The summed E-state index contributed by atoms with van der Waals surface area (Å²) in [4.78, 5) is 23.6. The molecular weight excluding hydrogens is 352 g/mol. The summed E-state index contributed by atoms with van der Waals surface area (Å²) in [5.41, 5.74) is 0.598. The van der Waals surface area contributed by atoms with Crippen LogP contribution in [0.15, 0.2) is 24.3 Å². The Morgan fingerprint density at radius 1 is 0.786 bits per heavy atom. The van der Waals surface area contributed by atoms with Crippen LogP contribution >= 0.6 is 0 Å². The second-order valence-electron chi connectivity index (χ2n) is 7.20. The average molecular weight is 391 g/mol. The first kappa shape index (κ1) is 24.0. The third-order valence-corrected chi connectivity index (χ3v) is 4.62. The summed E-state index contributed by atoms with van der Waals surface area (Å²) in [6.45, 7) is 5.88. The number of benzene rings is 1. The fraction of sp³-hybridized carbons (Fsp3) is 0.652. The van der Waals surface area contributed by atoms with Crippen molar-refractivity contribution >= 4 is 11.8 Å². The van der Waals surface area contributed by atoms with E-state index >= 15 is 0 Å². The molecule has 0 aliphatic rings. The zero-order valence-electron chi connectivity index (χ0n) is 17.7. The van der Waals surface area contributed by atoms with Gasteiger partial charge in [-0.2, -0.15) is 0 Å². The Balaban J connectivity index is 2.14. The Bertz CT molecular complexity index is 543. The van der Waals surface area contributed by atoms with Crippen LogP contribution < -0.4 is 15.4 Å². The van der Waals surface area contributed by atoms with Gasteiger partial charge in [-0.15, -0.1) is 0 Å². The maximum absolute atomic E-state index is 12.1. The zero-order valence-corrected chi connectivity index (χ0v) is 17.7. The third kappa shape index (κ3) is 11.6. The number of carbonyl (C=O) groups is 2. The van der Waals surface area contributed by atoms with Gasteiger partial charge < -0.3 is 15.4 Å². The van der Waals surface area contributed by atoms with Gasteiger partial charge in [0.1, 0.15) is 5.75 Å². The van der Waals surface area contributed by atoms with Crippen LogP contribution in [-0.2, 0) is 4.79 Å². The highest BCUT2D eigenvalue weighted by atomic mass is 16.5. The summed E-state index contributed by atoms with van der Waals surface area (Å²) in [6.07, 6.45) is 11.3. The van der Waals surface area contributed by atoms with Gasteiger partial charge in [0.25, 0.3) is 5.91 Å². The number of amides is 2. The minimum Gasteiger partial charge on any atom is -0.494 e. The third-order valence-electron chi connectivity index (χ3n) is 4.62. The van der Waals surface area contributed by atoms with Gasteiger partial charge in [-0.25, -0.2) is 0 Å². The molecular formula is C23H38N2O3. The van der Waals surface area contributed by atoms with Gasteiger partial charge in [0, 0.05) is 25.1 Å². The molecule has 1 rings (SSSR count). The highest BCUT2D eigenvalue weighted by Crippen LogP contribution is 2.13. The molecule has 2 amide bonds. The van der Waals surface area contributed by atoms with Gasteiger partial charge in [-0.3, -0.25) is 9.59 Å². The van der Waals surface area contributed by atoms with Gasteiger partial charge in [0.15, 0.2) is 0 Å². The van der Waals surface area contributed by atoms with Crippen molar-refractivity contribution in [3.8, 4) is 5.75 Å². The molecule has 0 aliphatic carbocycles. The Kier molecular flexibility index (Phi) is 13.7. The molecule has 0 saturated carbocycles. The second kappa shape index (κ2) is 16.0. The van der Waals surface area contributed by atoms with E-state index in [9.17, 15) is 9.59 Å². The first-order valence-corrected chi connectivity index (χ1v) is 10.9. The van der Waals surface area contributed by atoms with Crippen LogP contribution in [-0.4, -0.2) is 31.5 Å². The van der Waals surface area contributed by atoms with Crippen LogP contribution in [0.3, 0.4) is 0 Å². The first-order valence-electron chi connectivity index (χ1n) is 10.9. The molecule has 0 aromatic heterocycles. The monoisotopic (exact) mass is 390 g/mol. The lowest BCUT2D eigenvalue weighted by Gasteiger charge is -2.09. The van der Waals surface area contributed by atoms with Crippen LogP contribution in [0.25, 0.3) is 0 Å². The maximum Gasteiger partial charge on any atom is 0.251 e. The van der Waals surface area contributed by atoms with Crippen molar-refractivity contribution in [3.05, 3.63) is 29.8 Å². The molecule has 0 unspecified atom stereocenters. The second-order valence-corrected chi connectivity index (χ2v) is 7.20. The van der Waals surface area contributed by atoms with E-state index in [1.54, 1.807) is 12.1 Å². The molecule has 0 fully saturated rings. The predicted molar refractivity (Wildman–Crippen MR) is 115 cm³/mol. The topological polar surface area (TPSA) is 67.4 Å². The van der Waals surface area contributed by atoms with Crippen molar-refractivity contribution in [2.75, 3.05) is 19.7 Å². The first-order chi connectivity index (χ1) is 13.7. The fourth-order valence-electron chi connectivity index (χ4n) is 2.86. The van der Waals surface area contributed by atoms with Gasteiger partial charge in [-0.05, 0) is 37.1 Å². The molecule has 5 heteroatoms. The van der Waals surface area contributed by atoms with Crippen LogP contribution in [0.1, 0.15) is 88.4 Å². The highest BCUT2D eigenvalue weighted by Gasteiger charge is 2.06. The van der Waals surface area contributed by atoms with Gasteiger partial charge in [0.2, 0.25) is 5.91 Å². The number of carbonyl (C=O) groups excluding carboxylic acids is 2. The highest BCUT2D eigenvalue weighted by molar-refractivity contribution is 5.94. The maximum atomic E-state index is 12.1. The molecule has 0 bridgehead atoms. The van der Waals surface area contributed by atoms with E-state index in [0.717, 1.165) is 31.6 Å². The van der Waals surface area contributed by atoms with Crippen LogP contribution in [0, 0.1) is 0 Å². The molecule has 1 aromatic carbocycles. The summed E-state index contributed by atoms with van der Waals surface area (Å²) in [6, 6.07) is 7.22. The van der Waals surface area contributed by atoms with Crippen molar-refractivity contribution in [1.82, 2.24) is 10.6 Å². The Labute approximate surface area is 170 Å². The summed E-state index contributed by atoms with van der Waals surface area (Å²) in [5.74, 6) is 0.700. The molecule has 0 radical (unpaired) electrons. The Hall–Kier alpha value is -2.04. The van der Waals surface area contributed by atoms with E-state index in [0.29, 0.717) is 25.1 Å². The molecule has 0 saturated heterocycles. The molecule has 1 aromatic rings. The smallest absolute Gasteiger partial charge is 0.251 e. The van der Waals surface area contributed by atoms with E-state index in [-0.39, 0.29) is 11.8 Å². The molecule has 158 valence electrons. The van der Waals surface area contributed by atoms with Crippen LogP contribution in [0.2, 0.25) is 0 Å². The average Bonchev–Trinajstić information content (AvgIpc) is 2.72. The largest absolute Gasteiger partial charge is 0.494 e. The molecule has 0 atom stereocenters. The summed E-state index contributed by atoms with van der Waals surface area (Å²) >= 11 is 0. The Morgan fingerprint density at radius 3 is 2.07 bits per heavy atom. The summed E-state index contributed by atoms with van der Waals surface area (Å²) < 4.78 is 5.75. The Morgan fingerprint density at radius 2 is 1.39 bits per heavy atom. The van der Waals surface area contributed by atoms with Gasteiger partial charge in [0.05, 0.1) is 6.61 Å². The van der Waals surface area contributed by atoms with E-state index in [1.165, 1.54) is 38.5 Å². The van der Waals surface area contributed by atoms with Crippen molar-refractivity contribution in [3.63, 3.8) is 0 Å². The van der Waals surface area contributed by atoms with Crippen molar-refractivity contribution in [1.29, 1.82) is 0 Å². The lowest BCUT2D eigenvalue weighted by atomic mass is 10.1. The van der Waals surface area contributed by atoms with E-state index in [1.807, 2.05) is 12.1 Å². The number of nitrogens with one attached hydrogen (secondary N) is 2. The van der Waals surface area contributed by atoms with Gasteiger partial charge >= 0.3 is 0 Å². The lowest BCUT2D eigenvalue weighted by molar-refractivity contribution is -0.121. The van der Waals surface area contributed by atoms with Crippen LogP contribution in [0.5, 0.6) is 5.75 Å². The van der Waals surface area contributed by atoms with Gasteiger partial charge in [-0.1, -0.05) is 58.8 Å². The molecule has 5 nitrogen and oxygen atoms in total. The minimum absolute atomic E-state index is 0.0403. The number of rotatable bonds is 16. The fourth-order valence-corrected chi connectivity index (χ4v) is 2.86. The summed E-state index contributed by atoms with van der Waals surface area (Å²) in [7, 11) is 0. The van der Waals surface area contributed by atoms with Crippen molar-refractivity contribution in [2.24, 2.45) is 0 Å². The molecule has 0 heterocycles. The normalized spacial score (nSPS) is 10.5. The molecule has 0 aliphatic heterocycles. The minimum atomic E-state index is -0.138. The van der Waals surface area contributed by atoms with Crippen molar-refractivity contribution < 1.29 is 14.3 Å². The molecule has 0 spiro atoms. The zero-order chi connectivity index (χ0) is 20.5. The van der Waals surface area contributed by atoms with Crippen molar-refractivity contribution in [2.45, 2.75) is 78.1 Å². The standard InChI is InChI=1S/C23H38N2O3/c1-3-5-7-8-9-10-11-19-28-21-15-13-20(14-16-21)23(27)25-18-17-24-22(26)12-6-4-2/h13-16H,3-12,17-19H2,1-2H3,(H,24,26)(H,25,27). The van der Waals surface area contributed by atoms with Crippen LogP contribution in [0.4, 0.5) is 0 Å². The molecule has 2 N–H and O–H groups in total. The van der Waals surface area contributed by atoms with E-state index in [4.69, 9.17) is 4.74 Å². The lowest BCUT2D eigenvalue weighted by Crippen LogP contribution is -2.34. The SMILES string of the molecule is CCCCCCCCCOc1ccc(C(=O)NCCNC(=O)CCCC)cc1. The molecule has 28 heavy (non-hydrogen) atoms. The predicted octanol–water partition coefficient (Wildman–Crippen LogP) is 4.85. The number of hydrogen-bond donors (Lipinski definition) is 2. The number of ether oxygens (including phenoxy) is 1.